The molecule has 2 aliphatic rings. The van der Waals surface area contributed by atoms with Gasteiger partial charge < -0.3 is 15.0 Å². The molecule has 0 saturated carbocycles. The Morgan fingerprint density at radius 1 is 1.40 bits per heavy atom. The maximum atomic E-state index is 12.2. The van der Waals surface area contributed by atoms with Gasteiger partial charge in [-0.3, -0.25) is 4.79 Å². The molecule has 2 aliphatic heterocycles. The van der Waals surface area contributed by atoms with Crippen LogP contribution in [0.4, 0.5) is 0 Å². The molecule has 2 heterocycles. The van der Waals surface area contributed by atoms with Crippen LogP contribution in [0.5, 0.6) is 0 Å². The van der Waals surface area contributed by atoms with Gasteiger partial charge in [-0.15, -0.1) is 12.4 Å². The first-order valence-corrected chi connectivity index (χ1v) is 7.73. The van der Waals surface area contributed by atoms with E-state index in [4.69, 9.17) is 4.74 Å². The van der Waals surface area contributed by atoms with Crippen LogP contribution in [0, 0.1) is 11.8 Å². The monoisotopic (exact) mass is 304 g/mol. The molecule has 20 heavy (non-hydrogen) atoms. The van der Waals surface area contributed by atoms with Crippen LogP contribution in [0.3, 0.4) is 0 Å². The third kappa shape index (κ3) is 5.23. The summed E-state index contributed by atoms with van der Waals surface area (Å²) in [7, 11) is 1.91. The summed E-state index contributed by atoms with van der Waals surface area (Å²) in [5, 5.41) is 3.43. The molecular formula is C15H29ClN2O2. The zero-order valence-corrected chi connectivity index (χ0v) is 13.6. The van der Waals surface area contributed by atoms with Gasteiger partial charge in [-0.05, 0) is 50.6 Å². The third-order valence-electron chi connectivity index (χ3n) is 4.56. The van der Waals surface area contributed by atoms with Gasteiger partial charge in [0, 0.05) is 26.6 Å². The average Bonchev–Trinajstić information content (AvgIpc) is 2.92. The molecule has 0 aromatic rings. The second-order valence-electron chi connectivity index (χ2n) is 6.20. The summed E-state index contributed by atoms with van der Waals surface area (Å²) in [5.74, 6) is 1.41. The fourth-order valence-electron chi connectivity index (χ4n) is 3.16. The van der Waals surface area contributed by atoms with Gasteiger partial charge in [0.2, 0.25) is 5.91 Å². The molecule has 0 radical (unpaired) electrons. The highest BCUT2D eigenvalue weighted by molar-refractivity contribution is 5.85. The predicted molar refractivity (Wildman–Crippen MR) is 83.2 cm³/mol. The number of likely N-dealkylation sites (N-methyl/N-ethyl adjacent to an activating group) is 1. The van der Waals surface area contributed by atoms with Crippen molar-refractivity contribution in [3.05, 3.63) is 0 Å². The molecule has 0 aliphatic carbocycles. The first-order chi connectivity index (χ1) is 9.16. The number of nitrogens with one attached hydrogen (secondary N) is 1. The Kier molecular flexibility index (Phi) is 7.85. The van der Waals surface area contributed by atoms with Crippen molar-refractivity contribution in [2.24, 2.45) is 11.8 Å². The van der Waals surface area contributed by atoms with E-state index in [-0.39, 0.29) is 24.4 Å². The van der Waals surface area contributed by atoms with E-state index in [0.29, 0.717) is 18.3 Å². The number of piperidine rings is 1. The minimum atomic E-state index is 0. The number of carbonyl (C=O) groups excluding carboxylic acids is 1. The van der Waals surface area contributed by atoms with E-state index in [1.165, 1.54) is 12.8 Å². The number of nitrogens with zero attached hydrogens (tertiary/aromatic N) is 1. The summed E-state index contributed by atoms with van der Waals surface area (Å²) in [4.78, 5) is 14.1. The first kappa shape index (κ1) is 17.7. The van der Waals surface area contributed by atoms with E-state index in [0.717, 1.165) is 39.1 Å². The highest BCUT2D eigenvalue weighted by Crippen LogP contribution is 2.23. The minimum absolute atomic E-state index is 0. The van der Waals surface area contributed by atoms with E-state index in [2.05, 4.69) is 12.2 Å². The van der Waals surface area contributed by atoms with Crippen LogP contribution in [-0.4, -0.2) is 50.2 Å². The minimum Gasteiger partial charge on any atom is -0.376 e. The smallest absolute Gasteiger partial charge is 0.222 e. The Hall–Kier alpha value is -0.320. The Morgan fingerprint density at radius 3 is 2.80 bits per heavy atom. The second kappa shape index (κ2) is 8.85. The zero-order chi connectivity index (χ0) is 13.7. The fraction of sp³-hybridized carbons (Fsp3) is 0.933. The van der Waals surface area contributed by atoms with Crippen molar-refractivity contribution in [3.8, 4) is 0 Å². The Labute approximate surface area is 129 Å². The van der Waals surface area contributed by atoms with Crippen LogP contribution in [-0.2, 0) is 9.53 Å². The molecule has 0 bridgehead atoms. The van der Waals surface area contributed by atoms with E-state index < -0.39 is 0 Å². The summed E-state index contributed by atoms with van der Waals surface area (Å²) in [6, 6.07) is 0. The zero-order valence-electron chi connectivity index (χ0n) is 12.8. The van der Waals surface area contributed by atoms with Gasteiger partial charge in [0.25, 0.3) is 0 Å². The van der Waals surface area contributed by atoms with E-state index in [9.17, 15) is 4.79 Å². The maximum Gasteiger partial charge on any atom is 0.222 e. The van der Waals surface area contributed by atoms with Crippen LogP contribution in [0.1, 0.15) is 39.0 Å². The number of carbonyl (C=O) groups is 1. The summed E-state index contributed by atoms with van der Waals surface area (Å²) < 4.78 is 5.59. The van der Waals surface area contributed by atoms with Crippen LogP contribution < -0.4 is 5.32 Å². The van der Waals surface area contributed by atoms with Gasteiger partial charge in [0.15, 0.2) is 0 Å². The maximum absolute atomic E-state index is 12.2. The van der Waals surface area contributed by atoms with Gasteiger partial charge in [-0.2, -0.15) is 0 Å². The van der Waals surface area contributed by atoms with Gasteiger partial charge in [0.05, 0.1) is 6.10 Å². The van der Waals surface area contributed by atoms with Crippen molar-refractivity contribution in [1.82, 2.24) is 10.2 Å². The Bertz CT molecular complexity index is 290. The predicted octanol–water partition coefficient (Wildman–Crippen LogP) is 2.07. The van der Waals surface area contributed by atoms with Gasteiger partial charge in [-0.25, -0.2) is 0 Å². The van der Waals surface area contributed by atoms with Crippen LogP contribution in [0.25, 0.3) is 0 Å². The van der Waals surface area contributed by atoms with Crippen molar-refractivity contribution in [3.63, 3.8) is 0 Å². The topological polar surface area (TPSA) is 41.6 Å². The molecule has 1 N–H and O–H groups in total. The van der Waals surface area contributed by atoms with E-state index in [1.807, 2.05) is 11.9 Å². The van der Waals surface area contributed by atoms with Crippen LogP contribution in [0.15, 0.2) is 0 Å². The van der Waals surface area contributed by atoms with Crippen molar-refractivity contribution < 1.29 is 9.53 Å². The molecule has 2 fully saturated rings. The second-order valence-corrected chi connectivity index (χ2v) is 6.20. The lowest BCUT2D eigenvalue weighted by Gasteiger charge is -2.29. The molecule has 118 valence electrons. The lowest BCUT2D eigenvalue weighted by atomic mass is 9.85. The molecular weight excluding hydrogens is 276 g/mol. The summed E-state index contributed by atoms with van der Waals surface area (Å²) in [6.07, 6.45) is 5.68. The van der Waals surface area contributed by atoms with Crippen LogP contribution in [0.2, 0.25) is 0 Å². The molecule has 2 rings (SSSR count). The highest BCUT2D eigenvalue weighted by Gasteiger charge is 2.25. The van der Waals surface area contributed by atoms with E-state index >= 15 is 0 Å². The number of halogens is 1. The van der Waals surface area contributed by atoms with Crippen LogP contribution >= 0.6 is 12.4 Å². The molecule has 5 heteroatoms. The lowest BCUT2D eigenvalue weighted by molar-refractivity contribution is -0.132. The molecule has 4 nitrogen and oxygen atoms in total. The largest absolute Gasteiger partial charge is 0.376 e. The van der Waals surface area contributed by atoms with Crippen molar-refractivity contribution in [2.45, 2.75) is 45.1 Å². The Balaban J connectivity index is 0.00000200. The molecule has 0 spiro atoms. The standard InChI is InChI=1S/C15H28N2O2.ClH/c1-12(13-5-3-7-16-10-13)9-15(18)17(2)11-14-6-4-8-19-14;/h12-14,16H,3-11H2,1-2H3;1H. The first-order valence-electron chi connectivity index (χ1n) is 7.73. The van der Waals surface area contributed by atoms with Gasteiger partial charge >= 0.3 is 0 Å². The molecule has 2 saturated heterocycles. The third-order valence-corrected chi connectivity index (χ3v) is 4.56. The van der Waals surface area contributed by atoms with Crippen molar-refractivity contribution in [1.29, 1.82) is 0 Å². The SMILES string of the molecule is CC(CC(=O)N(C)CC1CCCO1)C1CCCNC1.Cl. The molecule has 0 aromatic carbocycles. The van der Waals surface area contributed by atoms with Crippen molar-refractivity contribution in [2.75, 3.05) is 33.3 Å². The van der Waals surface area contributed by atoms with Crippen molar-refractivity contribution >= 4 is 18.3 Å². The number of hydrogen-bond donors (Lipinski definition) is 1. The van der Waals surface area contributed by atoms with E-state index in [1.54, 1.807) is 0 Å². The number of hydrogen-bond acceptors (Lipinski definition) is 3. The Morgan fingerprint density at radius 2 is 2.20 bits per heavy atom. The average molecular weight is 305 g/mol. The fourth-order valence-corrected chi connectivity index (χ4v) is 3.16. The molecule has 0 aromatic heterocycles. The van der Waals surface area contributed by atoms with Gasteiger partial charge in [-0.1, -0.05) is 6.92 Å². The summed E-state index contributed by atoms with van der Waals surface area (Å²) in [5.41, 5.74) is 0. The lowest BCUT2D eigenvalue weighted by Crippen LogP contribution is -2.38. The molecule has 3 atom stereocenters. The normalized spacial score (nSPS) is 27.7. The molecule has 1 amide bonds. The molecule has 3 unspecified atom stereocenters. The number of amides is 1. The quantitative estimate of drug-likeness (QED) is 0.845. The van der Waals surface area contributed by atoms with Gasteiger partial charge in [0.1, 0.15) is 0 Å². The number of ether oxygens (including phenoxy) is 1. The summed E-state index contributed by atoms with van der Waals surface area (Å²) >= 11 is 0. The number of rotatable bonds is 5. The summed E-state index contributed by atoms with van der Waals surface area (Å²) in [6.45, 7) is 6.04. The highest BCUT2D eigenvalue weighted by atomic mass is 35.5.